The van der Waals surface area contributed by atoms with E-state index in [0.717, 1.165) is 22.6 Å². The average Bonchev–Trinajstić information content (AvgIpc) is 3.19. The van der Waals surface area contributed by atoms with E-state index >= 15 is 0 Å². The molecule has 1 aliphatic rings. The Labute approximate surface area is 148 Å². The molecule has 1 aromatic heterocycles. The fraction of sp³-hybridized carbons (Fsp3) is 0.100. The van der Waals surface area contributed by atoms with Gasteiger partial charge in [-0.15, -0.1) is 0 Å². The number of carbonyl (C=O) groups excluding carboxylic acids is 1. The predicted octanol–water partition coefficient (Wildman–Crippen LogP) is 3.80. The van der Waals surface area contributed by atoms with E-state index in [-0.39, 0.29) is 11.5 Å². The van der Waals surface area contributed by atoms with Crippen molar-refractivity contribution >= 4 is 17.5 Å². The number of amides is 1. The van der Waals surface area contributed by atoms with Crippen LogP contribution in [0.3, 0.4) is 0 Å². The Bertz CT molecular complexity index is 1040. The van der Waals surface area contributed by atoms with E-state index in [2.05, 4.69) is 16.8 Å². The van der Waals surface area contributed by atoms with Gasteiger partial charge in [0.25, 0.3) is 5.91 Å². The summed E-state index contributed by atoms with van der Waals surface area (Å²) in [6.07, 6.45) is 3.09. The Kier molecular flexibility index (Phi) is 3.77. The van der Waals surface area contributed by atoms with Crippen molar-refractivity contribution in [2.75, 3.05) is 4.90 Å². The minimum Gasteiger partial charge on any atom is -0.304 e. The molecule has 0 saturated heterocycles. The van der Waals surface area contributed by atoms with Crippen molar-refractivity contribution in [3.63, 3.8) is 0 Å². The maximum absolute atomic E-state index is 14.7. The van der Waals surface area contributed by atoms with E-state index in [1.807, 2.05) is 18.2 Å². The van der Waals surface area contributed by atoms with Gasteiger partial charge in [0.15, 0.2) is 11.6 Å². The molecule has 0 N–H and O–H groups in total. The van der Waals surface area contributed by atoms with Crippen LogP contribution < -0.4 is 4.90 Å². The molecule has 128 valence electrons. The minimum atomic E-state index is -0.862. The van der Waals surface area contributed by atoms with Crippen LogP contribution in [0.4, 0.5) is 20.4 Å². The third-order valence-corrected chi connectivity index (χ3v) is 4.21. The third kappa shape index (κ3) is 2.54. The molecule has 0 saturated carbocycles. The van der Waals surface area contributed by atoms with Crippen molar-refractivity contribution in [2.45, 2.75) is 13.0 Å². The van der Waals surface area contributed by atoms with Gasteiger partial charge >= 0.3 is 0 Å². The van der Waals surface area contributed by atoms with Gasteiger partial charge in [0.1, 0.15) is 11.7 Å². The standard InChI is InChI=1S/C20H13F2N3O/c1-13-19(26)25(20-23-9-10-24(13)20)18-16(21)11-15(12-17(18)22)8-7-14-5-3-2-4-6-14/h2-6,9-13H,1H3/t13-/m0/s1. The van der Waals surface area contributed by atoms with Crippen LogP contribution in [0, 0.1) is 23.5 Å². The maximum Gasteiger partial charge on any atom is 0.256 e. The summed E-state index contributed by atoms with van der Waals surface area (Å²) in [5.41, 5.74) is 0.496. The zero-order chi connectivity index (χ0) is 18.3. The molecule has 0 fully saturated rings. The summed E-state index contributed by atoms with van der Waals surface area (Å²) < 4.78 is 30.9. The van der Waals surface area contributed by atoms with E-state index in [1.54, 1.807) is 29.8 Å². The van der Waals surface area contributed by atoms with E-state index in [0.29, 0.717) is 0 Å². The van der Waals surface area contributed by atoms with Crippen LogP contribution in [0.5, 0.6) is 0 Å². The molecule has 0 aliphatic carbocycles. The number of rotatable bonds is 1. The number of hydrogen-bond donors (Lipinski definition) is 0. The molecule has 4 nitrogen and oxygen atoms in total. The van der Waals surface area contributed by atoms with Crippen molar-refractivity contribution in [3.05, 3.63) is 77.6 Å². The molecule has 2 heterocycles. The Morgan fingerprint density at radius 2 is 1.69 bits per heavy atom. The second-order valence-corrected chi connectivity index (χ2v) is 5.89. The molecule has 0 unspecified atom stereocenters. The zero-order valence-electron chi connectivity index (χ0n) is 13.8. The molecule has 1 amide bonds. The van der Waals surface area contributed by atoms with Crippen molar-refractivity contribution in [2.24, 2.45) is 0 Å². The number of nitrogens with zero attached hydrogens (tertiary/aromatic N) is 3. The maximum atomic E-state index is 14.7. The summed E-state index contributed by atoms with van der Waals surface area (Å²) in [5.74, 6) is 3.63. The minimum absolute atomic E-state index is 0.190. The lowest BCUT2D eigenvalue weighted by atomic mass is 10.1. The van der Waals surface area contributed by atoms with E-state index in [9.17, 15) is 13.6 Å². The Hall–Kier alpha value is -3.46. The second kappa shape index (κ2) is 6.12. The molecule has 1 atom stereocenters. The van der Waals surface area contributed by atoms with E-state index in [4.69, 9.17) is 0 Å². The number of hydrogen-bond acceptors (Lipinski definition) is 2. The first-order valence-electron chi connectivity index (χ1n) is 7.99. The van der Waals surface area contributed by atoms with Gasteiger partial charge in [-0.1, -0.05) is 30.0 Å². The highest BCUT2D eigenvalue weighted by molar-refractivity contribution is 6.04. The molecule has 1 aliphatic heterocycles. The monoisotopic (exact) mass is 349 g/mol. The van der Waals surface area contributed by atoms with Gasteiger partial charge < -0.3 is 4.57 Å². The summed E-state index contributed by atoms with van der Waals surface area (Å²) in [4.78, 5) is 17.4. The fourth-order valence-electron chi connectivity index (χ4n) is 2.91. The summed E-state index contributed by atoms with van der Waals surface area (Å²) in [7, 11) is 0. The fourth-order valence-corrected chi connectivity index (χ4v) is 2.91. The van der Waals surface area contributed by atoms with Crippen LogP contribution in [0.25, 0.3) is 0 Å². The number of aromatic nitrogens is 2. The topological polar surface area (TPSA) is 38.1 Å². The first-order valence-corrected chi connectivity index (χ1v) is 7.99. The number of halogens is 2. The van der Waals surface area contributed by atoms with Crippen molar-refractivity contribution in [1.29, 1.82) is 0 Å². The lowest BCUT2D eigenvalue weighted by molar-refractivity contribution is -0.119. The van der Waals surface area contributed by atoms with Crippen LogP contribution in [0.2, 0.25) is 0 Å². The van der Waals surface area contributed by atoms with E-state index in [1.165, 1.54) is 6.20 Å². The highest BCUT2D eigenvalue weighted by Gasteiger charge is 2.38. The first-order chi connectivity index (χ1) is 12.6. The van der Waals surface area contributed by atoms with Crippen LogP contribution >= 0.6 is 0 Å². The van der Waals surface area contributed by atoms with Gasteiger partial charge in [0, 0.05) is 23.5 Å². The summed E-state index contributed by atoms with van der Waals surface area (Å²) in [5, 5.41) is 0. The number of fused-ring (bicyclic) bond motifs is 1. The molecule has 0 bridgehead atoms. The number of benzene rings is 2. The van der Waals surface area contributed by atoms with Crippen molar-refractivity contribution in [3.8, 4) is 11.8 Å². The molecule has 2 aromatic carbocycles. The molecule has 3 aromatic rings. The largest absolute Gasteiger partial charge is 0.304 e. The predicted molar refractivity (Wildman–Crippen MR) is 92.9 cm³/mol. The summed E-state index contributed by atoms with van der Waals surface area (Å²) in [6.45, 7) is 1.66. The van der Waals surface area contributed by atoms with Crippen molar-refractivity contribution < 1.29 is 13.6 Å². The van der Waals surface area contributed by atoms with E-state index < -0.39 is 29.3 Å². The Morgan fingerprint density at radius 3 is 2.38 bits per heavy atom. The molecular formula is C20H13F2N3O. The van der Waals surface area contributed by atoms with Crippen LogP contribution in [0.15, 0.2) is 54.9 Å². The van der Waals surface area contributed by atoms with Crippen molar-refractivity contribution in [1.82, 2.24) is 9.55 Å². The van der Waals surface area contributed by atoms with Gasteiger partial charge in [-0.25, -0.2) is 18.7 Å². The molecule has 0 radical (unpaired) electrons. The number of imidazole rings is 1. The number of carbonyl (C=O) groups is 1. The lowest BCUT2D eigenvalue weighted by Gasteiger charge is -2.16. The number of anilines is 2. The normalized spacial score (nSPS) is 15.6. The molecular weight excluding hydrogens is 336 g/mol. The van der Waals surface area contributed by atoms with Gasteiger partial charge in [-0.3, -0.25) is 4.79 Å². The van der Waals surface area contributed by atoms with Crippen LogP contribution in [-0.4, -0.2) is 15.5 Å². The molecule has 0 spiro atoms. The van der Waals surface area contributed by atoms with Gasteiger partial charge in [-0.05, 0) is 31.2 Å². The Morgan fingerprint density at radius 1 is 1.04 bits per heavy atom. The SMILES string of the molecule is C[C@H]1C(=O)N(c2c(F)cc(C#Cc3ccccc3)cc2F)c2nccn21. The highest BCUT2D eigenvalue weighted by atomic mass is 19.1. The van der Waals surface area contributed by atoms with Crippen LogP contribution in [-0.2, 0) is 4.79 Å². The smallest absolute Gasteiger partial charge is 0.256 e. The zero-order valence-corrected chi connectivity index (χ0v) is 13.8. The van der Waals surface area contributed by atoms with Crippen LogP contribution in [0.1, 0.15) is 24.1 Å². The van der Waals surface area contributed by atoms with Gasteiger partial charge in [0.2, 0.25) is 5.95 Å². The van der Waals surface area contributed by atoms with Gasteiger partial charge in [-0.2, -0.15) is 0 Å². The third-order valence-electron chi connectivity index (χ3n) is 4.21. The second-order valence-electron chi connectivity index (χ2n) is 5.89. The molecule has 4 rings (SSSR count). The Balaban J connectivity index is 1.74. The first kappa shape index (κ1) is 16.0. The quantitative estimate of drug-likeness (QED) is 0.627. The summed E-state index contributed by atoms with van der Waals surface area (Å²) in [6, 6.07) is 10.8. The molecule has 26 heavy (non-hydrogen) atoms. The average molecular weight is 349 g/mol. The lowest BCUT2D eigenvalue weighted by Crippen LogP contribution is -2.25. The van der Waals surface area contributed by atoms with Gasteiger partial charge in [0.05, 0.1) is 0 Å². The molecule has 6 heteroatoms. The summed E-state index contributed by atoms with van der Waals surface area (Å²) >= 11 is 0. The highest BCUT2D eigenvalue weighted by Crippen LogP contribution is 2.38.